The Labute approximate surface area is 123 Å². The number of aromatic nitrogens is 2. The molecule has 0 spiro atoms. The first-order valence-corrected chi connectivity index (χ1v) is 7.56. The van der Waals surface area contributed by atoms with Crippen LogP contribution < -0.4 is 0 Å². The Morgan fingerprint density at radius 3 is 2.30 bits per heavy atom. The highest BCUT2D eigenvalue weighted by atomic mass is 32.2. The van der Waals surface area contributed by atoms with Crippen LogP contribution in [-0.4, -0.2) is 21.0 Å². The highest BCUT2D eigenvalue weighted by Crippen LogP contribution is 2.25. The van der Waals surface area contributed by atoms with Gasteiger partial charge in [-0.25, -0.2) is 9.97 Å². The maximum Gasteiger partial charge on any atom is 0.188 e. The molecular formula is C16H18N2OS. The van der Waals surface area contributed by atoms with E-state index in [1.807, 2.05) is 57.2 Å². The topological polar surface area (TPSA) is 42.9 Å². The molecular weight excluding hydrogens is 268 g/mol. The van der Waals surface area contributed by atoms with Crippen molar-refractivity contribution in [3.63, 3.8) is 0 Å². The molecule has 1 aromatic carbocycles. The summed E-state index contributed by atoms with van der Waals surface area (Å²) in [5.74, 6) is 0.140. The van der Waals surface area contributed by atoms with Gasteiger partial charge in [0.25, 0.3) is 0 Å². The average Bonchev–Trinajstić information content (AvgIpc) is 2.44. The monoisotopic (exact) mass is 286 g/mol. The zero-order valence-electron chi connectivity index (χ0n) is 12.0. The van der Waals surface area contributed by atoms with Gasteiger partial charge in [-0.15, -0.1) is 0 Å². The highest BCUT2D eigenvalue weighted by Gasteiger charge is 2.20. The van der Waals surface area contributed by atoms with Crippen LogP contribution in [-0.2, 0) is 0 Å². The Morgan fingerprint density at radius 1 is 1.15 bits per heavy atom. The average molecular weight is 286 g/mol. The first kappa shape index (κ1) is 14.7. The van der Waals surface area contributed by atoms with Crippen molar-refractivity contribution in [2.75, 3.05) is 0 Å². The van der Waals surface area contributed by atoms with Crippen LogP contribution >= 0.6 is 11.8 Å². The molecule has 0 aliphatic heterocycles. The standard InChI is InChI=1S/C16H18N2OS/c1-4-14(15(19)13-8-6-5-7-9-13)20-16-17-11(2)10-12(3)18-16/h5-10,14H,4H2,1-3H3. The Morgan fingerprint density at radius 2 is 1.75 bits per heavy atom. The second-order valence-electron chi connectivity index (χ2n) is 4.68. The van der Waals surface area contributed by atoms with E-state index in [4.69, 9.17) is 0 Å². The number of aryl methyl sites for hydroxylation is 2. The highest BCUT2D eigenvalue weighted by molar-refractivity contribution is 8.00. The van der Waals surface area contributed by atoms with Crippen molar-refractivity contribution in [1.82, 2.24) is 9.97 Å². The summed E-state index contributed by atoms with van der Waals surface area (Å²) in [6.45, 7) is 5.90. The predicted molar refractivity (Wildman–Crippen MR) is 82.2 cm³/mol. The van der Waals surface area contributed by atoms with Gasteiger partial charge in [0.05, 0.1) is 5.25 Å². The van der Waals surface area contributed by atoms with Crippen LogP contribution in [0.2, 0.25) is 0 Å². The molecule has 2 rings (SSSR count). The van der Waals surface area contributed by atoms with Gasteiger partial charge in [0.1, 0.15) is 0 Å². The molecule has 2 aromatic rings. The fourth-order valence-corrected chi connectivity index (χ4v) is 3.04. The van der Waals surface area contributed by atoms with Gasteiger partial charge in [0.2, 0.25) is 0 Å². The van der Waals surface area contributed by atoms with E-state index < -0.39 is 0 Å². The molecule has 1 aromatic heterocycles. The van der Waals surface area contributed by atoms with E-state index in [1.165, 1.54) is 11.8 Å². The summed E-state index contributed by atoms with van der Waals surface area (Å²) in [6, 6.07) is 11.3. The van der Waals surface area contributed by atoms with Crippen LogP contribution in [0.4, 0.5) is 0 Å². The quantitative estimate of drug-likeness (QED) is 0.476. The third kappa shape index (κ3) is 3.67. The van der Waals surface area contributed by atoms with Crippen molar-refractivity contribution < 1.29 is 4.79 Å². The van der Waals surface area contributed by atoms with Gasteiger partial charge in [-0.1, -0.05) is 49.0 Å². The Bertz CT molecular complexity index is 578. The summed E-state index contributed by atoms with van der Waals surface area (Å²) in [5.41, 5.74) is 2.61. The van der Waals surface area contributed by atoms with Gasteiger partial charge in [0.15, 0.2) is 10.9 Å². The van der Waals surface area contributed by atoms with E-state index in [0.717, 1.165) is 23.4 Å². The smallest absolute Gasteiger partial charge is 0.188 e. The molecule has 0 aliphatic rings. The fraction of sp³-hybridized carbons (Fsp3) is 0.312. The molecule has 0 saturated heterocycles. The zero-order valence-corrected chi connectivity index (χ0v) is 12.8. The lowest BCUT2D eigenvalue weighted by Gasteiger charge is -2.13. The van der Waals surface area contributed by atoms with E-state index in [-0.39, 0.29) is 11.0 Å². The first-order valence-electron chi connectivity index (χ1n) is 6.68. The second-order valence-corrected chi connectivity index (χ2v) is 5.85. The normalized spacial score (nSPS) is 12.2. The van der Waals surface area contributed by atoms with E-state index in [1.54, 1.807) is 0 Å². The number of thioether (sulfide) groups is 1. The molecule has 104 valence electrons. The number of hydrogen-bond acceptors (Lipinski definition) is 4. The van der Waals surface area contributed by atoms with Crippen molar-refractivity contribution in [2.45, 2.75) is 37.6 Å². The first-order chi connectivity index (χ1) is 9.60. The molecule has 1 atom stereocenters. The van der Waals surface area contributed by atoms with Gasteiger partial charge in [-0.05, 0) is 26.3 Å². The van der Waals surface area contributed by atoms with E-state index in [0.29, 0.717) is 5.16 Å². The molecule has 0 saturated carbocycles. The lowest BCUT2D eigenvalue weighted by atomic mass is 10.1. The molecule has 0 aliphatic carbocycles. The summed E-state index contributed by atoms with van der Waals surface area (Å²) < 4.78 is 0. The second kappa shape index (κ2) is 6.66. The van der Waals surface area contributed by atoms with E-state index >= 15 is 0 Å². The maximum absolute atomic E-state index is 12.5. The van der Waals surface area contributed by atoms with Gasteiger partial charge >= 0.3 is 0 Å². The number of carbonyl (C=O) groups excluding carboxylic acids is 1. The molecule has 20 heavy (non-hydrogen) atoms. The van der Waals surface area contributed by atoms with Crippen LogP contribution in [0.25, 0.3) is 0 Å². The van der Waals surface area contributed by atoms with E-state index in [9.17, 15) is 4.79 Å². The minimum Gasteiger partial charge on any atom is -0.293 e. The number of benzene rings is 1. The molecule has 0 amide bonds. The third-order valence-corrected chi connectivity index (χ3v) is 4.16. The SMILES string of the molecule is CCC(Sc1nc(C)cc(C)n1)C(=O)c1ccccc1. The molecule has 0 radical (unpaired) electrons. The van der Waals surface area contributed by atoms with Gasteiger partial charge in [0, 0.05) is 17.0 Å². The maximum atomic E-state index is 12.5. The number of ketones is 1. The summed E-state index contributed by atoms with van der Waals surface area (Å²) in [6.07, 6.45) is 0.759. The molecule has 3 nitrogen and oxygen atoms in total. The Balaban J connectivity index is 2.18. The van der Waals surface area contributed by atoms with E-state index in [2.05, 4.69) is 9.97 Å². The van der Waals surface area contributed by atoms with Crippen LogP contribution in [0.15, 0.2) is 41.6 Å². The molecule has 0 fully saturated rings. The van der Waals surface area contributed by atoms with Gasteiger partial charge in [-0.2, -0.15) is 0 Å². The molecule has 0 bridgehead atoms. The number of hydrogen-bond donors (Lipinski definition) is 0. The lowest BCUT2D eigenvalue weighted by molar-refractivity contribution is 0.0988. The van der Waals surface area contributed by atoms with Crippen molar-refractivity contribution in [3.05, 3.63) is 53.3 Å². The zero-order chi connectivity index (χ0) is 14.5. The number of rotatable bonds is 5. The summed E-state index contributed by atoms with van der Waals surface area (Å²) in [5, 5.41) is 0.539. The lowest BCUT2D eigenvalue weighted by Crippen LogP contribution is -2.17. The van der Waals surface area contributed by atoms with Crippen LogP contribution in [0, 0.1) is 13.8 Å². The number of Topliss-reactive ketones (excluding diaryl/α,β-unsaturated/α-hetero) is 1. The Kier molecular flexibility index (Phi) is 4.90. The van der Waals surface area contributed by atoms with Crippen molar-refractivity contribution in [1.29, 1.82) is 0 Å². The van der Waals surface area contributed by atoms with Crippen molar-refractivity contribution in [3.8, 4) is 0 Å². The largest absolute Gasteiger partial charge is 0.293 e. The minimum absolute atomic E-state index is 0.140. The van der Waals surface area contributed by atoms with Crippen LogP contribution in [0.1, 0.15) is 35.1 Å². The summed E-state index contributed by atoms with van der Waals surface area (Å²) in [7, 11) is 0. The fourth-order valence-electron chi connectivity index (χ4n) is 1.98. The van der Waals surface area contributed by atoms with Gasteiger partial charge in [-0.3, -0.25) is 4.79 Å². The third-order valence-electron chi connectivity index (χ3n) is 2.93. The number of nitrogens with zero attached hydrogens (tertiary/aromatic N) is 2. The molecule has 1 heterocycles. The van der Waals surface area contributed by atoms with Crippen molar-refractivity contribution >= 4 is 17.5 Å². The molecule has 4 heteroatoms. The van der Waals surface area contributed by atoms with Crippen LogP contribution in [0.5, 0.6) is 0 Å². The Hall–Kier alpha value is -1.68. The minimum atomic E-state index is -0.140. The van der Waals surface area contributed by atoms with Gasteiger partial charge < -0.3 is 0 Å². The summed E-state index contributed by atoms with van der Waals surface area (Å²) >= 11 is 1.45. The van der Waals surface area contributed by atoms with Crippen LogP contribution in [0.3, 0.4) is 0 Å². The summed E-state index contributed by atoms with van der Waals surface area (Å²) in [4.78, 5) is 21.3. The predicted octanol–water partition coefficient (Wildman–Crippen LogP) is 3.85. The molecule has 1 unspecified atom stereocenters. The van der Waals surface area contributed by atoms with Crippen molar-refractivity contribution in [2.24, 2.45) is 0 Å². The number of carbonyl (C=O) groups is 1. The molecule has 0 N–H and O–H groups in total.